The van der Waals surface area contributed by atoms with Crippen molar-refractivity contribution >= 4 is 53.1 Å². The number of aryl methyl sites for hydroxylation is 6. The molecule has 4 aromatic rings. The van der Waals surface area contributed by atoms with Crippen molar-refractivity contribution in [3.63, 3.8) is 0 Å². The van der Waals surface area contributed by atoms with Gasteiger partial charge in [0, 0.05) is 16.4 Å². The second-order valence-corrected chi connectivity index (χ2v) is 18.9. The molecule has 0 aliphatic carbocycles. The molecule has 2 aliphatic heterocycles. The molecule has 0 fully saturated rings. The number of methoxy groups -OCH3 is 4. The number of carbonyl (C=O) groups is 2. The Morgan fingerprint density at radius 1 is 0.677 bits per heavy atom. The molecule has 0 bridgehead atoms. The first kappa shape index (κ1) is 51.5. The van der Waals surface area contributed by atoms with Gasteiger partial charge in [-0.2, -0.15) is 0 Å². The fourth-order valence-corrected chi connectivity index (χ4v) is 11.2. The molecule has 2 heterocycles. The van der Waals surface area contributed by atoms with Crippen molar-refractivity contribution in [2.75, 3.05) is 57.7 Å². The number of hydrogen-bond acceptors (Lipinski definition) is 12. The van der Waals surface area contributed by atoms with Crippen LogP contribution in [-0.2, 0) is 51.0 Å². The molecule has 0 saturated heterocycles. The van der Waals surface area contributed by atoms with Crippen molar-refractivity contribution in [2.24, 2.45) is 0 Å². The van der Waals surface area contributed by atoms with Crippen molar-refractivity contribution in [3.8, 4) is 11.5 Å². The summed E-state index contributed by atoms with van der Waals surface area (Å²) in [6.07, 6.45) is 2.73. The Morgan fingerprint density at radius 3 is 1.58 bits per heavy atom. The highest BCUT2D eigenvalue weighted by Crippen LogP contribution is 2.38. The Labute approximate surface area is 373 Å². The van der Waals surface area contributed by atoms with Gasteiger partial charge in [0.25, 0.3) is 19.1 Å². The molecule has 13 nitrogen and oxygen atoms in total. The first-order chi connectivity index (χ1) is 29.3. The second-order valence-electron chi connectivity index (χ2n) is 14.7. The summed E-state index contributed by atoms with van der Waals surface area (Å²) in [5.74, 6) is 0.480. The summed E-state index contributed by atoms with van der Waals surface area (Å²) in [4.78, 5) is 26.4. The minimum atomic E-state index is -3.99. The average molecular weight is 917 g/mol. The molecule has 4 aromatic carbocycles. The lowest BCUT2D eigenvalue weighted by molar-refractivity contribution is -0.142. The number of ether oxygens (including phenoxy) is 4. The summed E-state index contributed by atoms with van der Waals surface area (Å²) in [5, 5.41) is 3.17. The summed E-state index contributed by atoms with van der Waals surface area (Å²) in [6, 6.07) is 20.9. The van der Waals surface area contributed by atoms with Crippen LogP contribution in [0.1, 0.15) is 67.0 Å². The van der Waals surface area contributed by atoms with E-state index in [1.165, 1.54) is 57.9 Å². The van der Waals surface area contributed by atoms with Gasteiger partial charge in [0.05, 0.1) is 43.9 Å². The van der Waals surface area contributed by atoms with Gasteiger partial charge < -0.3 is 29.2 Å². The van der Waals surface area contributed by atoms with E-state index in [4.69, 9.17) is 29.6 Å². The predicted molar refractivity (Wildman–Crippen MR) is 246 cm³/mol. The average Bonchev–Trinajstić information content (AvgIpc) is 3.25. The van der Waals surface area contributed by atoms with Crippen LogP contribution < -0.4 is 19.1 Å². The van der Waals surface area contributed by atoms with Crippen LogP contribution in [0.15, 0.2) is 82.6 Å². The Balaban J connectivity index is 0.000000247. The highest BCUT2D eigenvalue weighted by Gasteiger charge is 2.41. The number of fused-ring (bicyclic) bond motifs is 2. The zero-order valence-corrected chi connectivity index (χ0v) is 40.1. The van der Waals surface area contributed by atoms with Crippen molar-refractivity contribution in [1.29, 1.82) is 0 Å². The van der Waals surface area contributed by atoms with Gasteiger partial charge in [-0.15, -0.1) is 0 Å². The first-order valence-corrected chi connectivity index (χ1v) is 24.2. The Hall–Kier alpha value is -4.83. The summed E-state index contributed by atoms with van der Waals surface area (Å²) in [5.41, 5.74) is 6.06. The maximum atomic E-state index is 13.7. The van der Waals surface area contributed by atoms with E-state index in [1.807, 2.05) is 30.3 Å². The number of rotatable bonds is 10. The van der Waals surface area contributed by atoms with Crippen molar-refractivity contribution in [1.82, 2.24) is 4.90 Å². The van der Waals surface area contributed by atoms with Crippen LogP contribution in [0.4, 0.5) is 11.4 Å². The maximum absolute atomic E-state index is 13.7. The topological polar surface area (TPSA) is 158 Å². The number of nitrogens with one attached hydrogen (secondary N) is 1. The third-order valence-corrected chi connectivity index (χ3v) is 14.4. The van der Waals surface area contributed by atoms with Gasteiger partial charge in [-0.05, 0) is 143 Å². The number of anilines is 2. The van der Waals surface area contributed by atoms with Crippen molar-refractivity contribution in [2.45, 2.75) is 96.0 Å². The van der Waals surface area contributed by atoms with Gasteiger partial charge in [-0.1, -0.05) is 57.2 Å². The highest BCUT2D eigenvalue weighted by atomic mass is 35.7. The number of benzene rings is 4. The smallest absolute Gasteiger partial charge is 0.329 e. The van der Waals surface area contributed by atoms with Crippen LogP contribution in [0.25, 0.3) is 0 Å². The zero-order valence-electron chi connectivity index (χ0n) is 37.7. The van der Waals surface area contributed by atoms with E-state index in [1.54, 1.807) is 64.1 Å². The highest BCUT2D eigenvalue weighted by molar-refractivity contribution is 8.13. The Bertz CT molecular complexity index is 2320. The normalized spacial score (nSPS) is 15.3. The van der Waals surface area contributed by atoms with Gasteiger partial charge in [0.2, 0.25) is 0 Å². The molecule has 0 aromatic heterocycles. The fourth-order valence-electron chi connectivity index (χ4n) is 7.54. The molecule has 6 rings (SSSR count). The number of sulfonamides is 1. The number of esters is 2. The lowest BCUT2D eigenvalue weighted by Crippen LogP contribution is -2.48. The van der Waals surface area contributed by atoms with E-state index in [0.717, 1.165) is 24.1 Å². The number of nitrogens with zero attached hydrogens (tertiary/aromatic N) is 2. The molecule has 340 valence electrons. The molecule has 2 atom stereocenters. The molecule has 2 aliphatic rings. The quantitative estimate of drug-likeness (QED) is 0.120. The molecule has 0 spiro atoms. The largest absolute Gasteiger partial charge is 0.497 e. The minimum absolute atomic E-state index is 0.167. The molecule has 1 N–H and O–H groups in total. The van der Waals surface area contributed by atoms with Gasteiger partial charge >= 0.3 is 11.9 Å². The monoisotopic (exact) mass is 915 g/mol. The van der Waals surface area contributed by atoms with Crippen LogP contribution in [0.5, 0.6) is 11.5 Å². The van der Waals surface area contributed by atoms with Gasteiger partial charge in [-0.3, -0.25) is 4.31 Å². The molecule has 16 heteroatoms. The van der Waals surface area contributed by atoms with E-state index in [9.17, 15) is 26.4 Å². The third kappa shape index (κ3) is 13.1. The Kier molecular flexibility index (Phi) is 19.6. The molecule has 0 radical (unpaired) electrons. The van der Waals surface area contributed by atoms with Crippen LogP contribution in [0, 0.1) is 27.7 Å². The van der Waals surface area contributed by atoms with Gasteiger partial charge in [-0.25, -0.2) is 26.4 Å². The lowest BCUT2D eigenvalue weighted by Gasteiger charge is -2.36. The minimum Gasteiger partial charge on any atom is -0.497 e. The molecular formula is C46H62ClN3O10S2. The van der Waals surface area contributed by atoms with Gasteiger partial charge in [0.1, 0.15) is 23.6 Å². The van der Waals surface area contributed by atoms with E-state index < -0.39 is 31.1 Å². The maximum Gasteiger partial charge on any atom is 0.329 e. The molecular weight excluding hydrogens is 854 g/mol. The van der Waals surface area contributed by atoms with Crippen LogP contribution in [0.3, 0.4) is 0 Å². The zero-order chi connectivity index (χ0) is 46.4. The van der Waals surface area contributed by atoms with Crippen molar-refractivity contribution in [3.05, 3.63) is 106 Å². The molecule has 0 amide bonds. The van der Waals surface area contributed by atoms with E-state index in [0.29, 0.717) is 52.3 Å². The van der Waals surface area contributed by atoms with Crippen LogP contribution in [-0.4, -0.2) is 93.8 Å². The number of carbonyl (C=O) groups excluding carboxylic acids is 2. The molecule has 62 heavy (non-hydrogen) atoms. The van der Waals surface area contributed by atoms with Crippen LogP contribution in [0.2, 0.25) is 0 Å². The van der Waals surface area contributed by atoms with Crippen LogP contribution >= 0.6 is 10.7 Å². The number of hydrogen-bond donors (Lipinski definition) is 1. The summed E-state index contributed by atoms with van der Waals surface area (Å²) >= 11 is 0. The lowest BCUT2D eigenvalue weighted by atomic mass is 9.98. The fraction of sp³-hybridized carbons (Fsp3) is 0.435. The van der Waals surface area contributed by atoms with Crippen molar-refractivity contribution < 1.29 is 45.4 Å². The van der Waals surface area contributed by atoms with E-state index >= 15 is 0 Å². The summed E-state index contributed by atoms with van der Waals surface area (Å²) in [6.45, 7) is 17.0. The second kappa shape index (κ2) is 23.6. The first-order valence-electron chi connectivity index (χ1n) is 20.4. The summed E-state index contributed by atoms with van der Waals surface area (Å²) < 4.78 is 70.9. The van der Waals surface area contributed by atoms with E-state index in [2.05, 4.69) is 37.1 Å². The predicted octanol–water partition coefficient (Wildman–Crippen LogP) is 8.17. The van der Waals surface area contributed by atoms with E-state index in [-0.39, 0.29) is 21.8 Å². The third-order valence-electron chi connectivity index (χ3n) is 10.6. The SMILES string of the molecule is CCN(CC)CC.COC(=O)C1CCc2ccccc2N1.COC(=O)C1CCc2ccccc2N1S(=O)(=O)c1c(C)cc(OC)cc1C.COc1cc(C)c(S(=O)(=O)Cl)c(C)c1. The number of halogens is 1. The number of para-hydroxylation sites is 2. The Morgan fingerprint density at radius 2 is 1.13 bits per heavy atom. The summed E-state index contributed by atoms with van der Waals surface area (Å²) in [7, 11) is 3.40. The standard InChI is InChI=1S/C20H23NO5S.C11H13NO2.C9H11ClO3S.C6H15N/c1-13-11-16(25-3)12-14(2)19(13)27(23,24)21-17-8-6-5-7-15(17)9-10-18(21)20(22)26-4;1-14-11(13)10-7-6-8-4-2-3-5-9(8)12-10;1-6-4-8(13-3)5-7(2)9(6)14(10,11)12;1-4-7(5-2)6-3/h5-8,11-12,18H,9-10H2,1-4H3;2-5,10,12H,6-7H2,1H3;4-5H,1-3H3;4-6H2,1-3H3. The molecule has 0 saturated carbocycles. The van der Waals surface area contributed by atoms with Gasteiger partial charge in [0.15, 0.2) is 0 Å². The molecule has 2 unspecified atom stereocenters.